The zero-order valence-electron chi connectivity index (χ0n) is 10.2. The molecule has 1 aromatic rings. The molecular formula is C13H16N2O3. The predicted molar refractivity (Wildman–Crippen MR) is 66.1 cm³/mol. The molecule has 2 atom stereocenters. The van der Waals surface area contributed by atoms with Crippen molar-refractivity contribution in [3.05, 3.63) is 35.4 Å². The third-order valence-corrected chi connectivity index (χ3v) is 3.29. The Bertz CT molecular complexity index is 487. The summed E-state index contributed by atoms with van der Waals surface area (Å²) in [4.78, 5) is 24.4. The number of carbonyl (C=O) groups excluding carboxylic acids is 1. The van der Waals surface area contributed by atoms with E-state index in [-0.39, 0.29) is 23.6 Å². The van der Waals surface area contributed by atoms with Gasteiger partial charge in [0, 0.05) is 19.0 Å². The fourth-order valence-electron chi connectivity index (χ4n) is 2.47. The van der Waals surface area contributed by atoms with Crippen molar-refractivity contribution in [2.75, 3.05) is 6.54 Å². The molecule has 1 aliphatic rings. The van der Waals surface area contributed by atoms with E-state index in [0.717, 1.165) is 5.56 Å². The van der Waals surface area contributed by atoms with Crippen LogP contribution in [0.25, 0.3) is 0 Å². The Labute approximate surface area is 105 Å². The minimum atomic E-state index is -0.974. The number of likely N-dealkylation sites (N-methyl/N-ethyl adjacent to an activating group) is 1. The average Bonchev–Trinajstić information content (AvgIpc) is 2.63. The molecule has 0 aliphatic carbocycles. The predicted octanol–water partition coefficient (Wildman–Crippen LogP) is 1.01. The van der Waals surface area contributed by atoms with Gasteiger partial charge in [0.15, 0.2) is 0 Å². The number of carboxylic acids is 1. The zero-order valence-corrected chi connectivity index (χ0v) is 10.2. The molecule has 1 aromatic carbocycles. The van der Waals surface area contributed by atoms with Crippen LogP contribution in [0.15, 0.2) is 24.3 Å². The highest BCUT2D eigenvalue weighted by molar-refractivity contribution is 5.88. The van der Waals surface area contributed by atoms with Crippen LogP contribution in [0.4, 0.5) is 0 Å². The molecule has 0 aromatic heterocycles. The molecule has 96 valence electrons. The smallest absolute Gasteiger partial charge is 0.335 e. The number of rotatable bonds is 3. The van der Waals surface area contributed by atoms with Crippen LogP contribution in [-0.4, -0.2) is 34.5 Å². The lowest BCUT2D eigenvalue weighted by atomic mass is 9.99. The van der Waals surface area contributed by atoms with Crippen LogP contribution >= 0.6 is 0 Å². The first kappa shape index (κ1) is 12.6. The molecule has 0 spiro atoms. The van der Waals surface area contributed by atoms with Crippen molar-refractivity contribution in [1.29, 1.82) is 0 Å². The van der Waals surface area contributed by atoms with E-state index in [1.165, 1.54) is 6.07 Å². The molecular weight excluding hydrogens is 232 g/mol. The average molecular weight is 248 g/mol. The number of carboxylic acid groups (broad SMARTS) is 1. The summed E-state index contributed by atoms with van der Waals surface area (Å²) in [6.07, 6.45) is 0.315. The van der Waals surface area contributed by atoms with E-state index in [9.17, 15) is 9.59 Å². The molecule has 2 rings (SSSR count). The number of benzene rings is 1. The quantitative estimate of drug-likeness (QED) is 0.836. The molecule has 0 radical (unpaired) electrons. The Morgan fingerprint density at radius 1 is 1.56 bits per heavy atom. The summed E-state index contributed by atoms with van der Waals surface area (Å²) in [6, 6.07) is 6.13. The van der Waals surface area contributed by atoms with Gasteiger partial charge in [-0.1, -0.05) is 12.1 Å². The highest BCUT2D eigenvalue weighted by Crippen LogP contribution is 2.32. The molecule has 0 bridgehead atoms. The lowest BCUT2D eigenvalue weighted by molar-refractivity contribution is -0.128. The fourth-order valence-corrected chi connectivity index (χ4v) is 2.47. The minimum Gasteiger partial charge on any atom is -0.478 e. The summed E-state index contributed by atoms with van der Waals surface area (Å²) in [5, 5.41) is 8.98. The first-order chi connectivity index (χ1) is 8.54. The standard InChI is InChI=1S/C13H16N2O3/c1-2-15-11(16)7-10(14)12(15)8-4-3-5-9(6-8)13(17)18/h3-6,10,12H,2,7,14H2,1H3,(H,17,18)/t10-,12+/m0/s1. The maximum absolute atomic E-state index is 11.7. The Balaban J connectivity index is 2.38. The Kier molecular flexibility index (Phi) is 3.34. The monoisotopic (exact) mass is 248 g/mol. The van der Waals surface area contributed by atoms with Gasteiger partial charge in [-0.25, -0.2) is 4.79 Å². The largest absolute Gasteiger partial charge is 0.478 e. The topological polar surface area (TPSA) is 83.6 Å². The first-order valence-corrected chi connectivity index (χ1v) is 5.93. The summed E-state index contributed by atoms with van der Waals surface area (Å²) in [5.41, 5.74) is 6.99. The highest BCUT2D eigenvalue weighted by Gasteiger charge is 2.37. The molecule has 1 heterocycles. The van der Waals surface area contributed by atoms with Crippen LogP contribution in [-0.2, 0) is 4.79 Å². The van der Waals surface area contributed by atoms with Crippen LogP contribution in [0.3, 0.4) is 0 Å². The Morgan fingerprint density at radius 2 is 2.28 bits per heavy atom. The highest BCUT2D eigenvalue weighted by atomic mass is 16.4. The first-order valence-electron chi connectivity index (χ1n) is 5.93. The van der Waals surface area contributed by atoms with Gasteiger partial charge in [0.2, 0.25) is 5.91 Å². The van der Waals surface area contributed by atoms with Crippen molar-refractivity contribution >= 4 is 11.9 Å². The van der Waals surface area contributed by atoms with Crippen molar-refractivity contribution in [3.63, 3.8) is 0 Å². The van der Waals surface area contributed by atoms with Gasteiger partial charge in [0.25, 0.3) is 0 Å². The number of amides is 1. The van der Waals surface area contributed by atoms with E-state index in [2.05, 4.69) is 0 Å². The van der Waals surface area contributed by atoms with E-state index < -0.39 is 5.97 Å². The number of nitrogens with two attached hydrogens (primary N) is 1. The maximum Gasteiger partial charge on any atom is 0.335 e. The fraction of sp³-hybridized carbons (Fsp3) is 0.385. The second-order valence-electron chi connectivity index (χ2n) is 4.42. The second-order valence-corrected chi connectivity index (χ2v) is 4.42. The molecule has 5 heteroatoms. The lowest BCUT2D eigenvalue weighted by Gasteiger charge is -2.26. The molecule has 1 fully saturated rings. The number of likely N-dealkylation sites (tertiary alicyclic amines) is 1. The maximum atomic E-state index is 11.7. The lowest BCUT2D eigenvalue weighted by Crippen LogP contribution is -2.33. The molecule has 1 saturated heterocycles. The Hall–Kier alpha value is -1.88. The number of aromatic carboxylic acids is 1. The van der Waals surface area contributed by atoms with Crippen LogP contribution < -0.4 is 5.73 Å². The summed E-state index contributed by atoms with van der Waals surface area (Å²) in [6.45, 7) is 2.47. The summed E-state index contributed by atoms with van der Waals surface area (Å²) >= 11 is 0. The van der Waals surface area contributed by atoms with Gasteiger partial charge < -0.3 is 15.7 Å². The molecule has 1 amide bonds. The van der Waals surface area contributed by atoms with Crippen molar-refractivity contribution in [1.82, 2.24) is 4.90 Å². The van der Waals surface area contributed by atoms with E-state index >= 15 is 0 Å². The number of nitrogens with zero attached hydrogens (tertiary/aromatic N) is 1. The van der Waals surface area contributed by atoms with Gasteiger partial charge in [-0.2, -0.15) is 0 Å². The van der Waals surface area contributed by atoms with Crippen molar-refractivity contribution in [3.8, 4) is 0 Å². The second kappa shape index (κ2) is 4.78. The molecule has 0 unspecified atom stereocenters. The normalized spacial score (nSPS) is 23.4. The van der Waals surface area contributed by atoms with Crippen molar-refractivity contribution in [2.45, 2.75) is 25.4 Å². The molecule has 0 saturated carbocycles. The van der Waals surface area contributed by atoms with Gasteiger partial charge in [-0.15, -0.1) is 0 Å². The molecule has 5 nitrogen and oxygen atoms in total. The summed E-state index contributed by atoms with van der Waals surface area (Å²) in [5.74, 6) is -0.950. The number of hydrogen-bond donors (Lipinski definition) is 2. The van der Waals surface area contributed by atoms with Crippen LogP contribution in [0.1, 0.15) is 35.3 Å². The summed E-state index contributed by atoms with van der Waals surface area (Å²) in [7, 11) is 0. The van der Waals surface area contributed by atoms with Crippen LogP contribution in [0.5, 0.6) is 0 Å². The molecule has 18 heavy (non-hydrogen) atoms. The van der Waals surface area contributed by atoms with E-state index in [4.69, 9.17) is 10.8 Å². The van der Waals surface area contributed by atoms with E-state index in [0.29, 0.717) is 13.0 Å². The number of carbonyl (C=O) groups is 2. The van der Waals surface area contributed by atoms with Gasteiger partial charge in [0.05, 0.1) is 11.6 Å². The Morgan fingerprint density at radius 3 is 2.89 bits per heavy atom. The number of hydrogen-bond acceptors (Lipinski definition) is 3. The summed E-state index contributed by atoms with van der Waals surface area (Å²) < 4.78 is 0. The molecule has 1 aliphatic heterocycles. The molecule has 3 N–H and O–H groups in total. The van der Waals surface area contributed by atoms with E-state index in [1.54, 1.807) is 17.0 Å². The van der Waals surface area contributed by atoms with Gasteiger partial charge >= 0.3 is 5.97 Å². The van der Waals surface area contributed by atoms with Crippen LogP contribution in [0, 0.1) is 0 Å². The zero-order chi connectivity index (χ0) is 13.3. The minimum absolute atomic E-state index is 0.0238. The van der Waals surface area contributed by atoms with E-state index in [1.807, 2.05) is 13.0 Å². The van der Waals surface area contributed by atoms with Crippen molar-refractivity contribution in [2.24, 2.45) is 5.73 Å². The SMILES string of the molecule is CCN1C(=O)C[C@H](N)[C@H]1c1cccc(C(=O)O)c1. The van der Waals surface area contributed by atoms with Gasteiger partial charge in [-0.3, -0.25) is 4.79 Å². The van der Waals surface area contributed by atoms with Gasteiger partial charge in [0.1, 0.15) is 0 Å². The third kappa shape index (κ3) is 2.09. The van der Waals surface area contributed by atoms with Crippen LogP contribution in [0.2, 0.25) is 0 Å². The van der Waals surface area contributed by atoms with Gasteiger partial charge in [-0.05, 0) is 24.6 Å². The van der Waals surface area contributed by atoms with Crippen molar-refractivity contribution < 1.29 is 14.7 Å². The third-order valence-electron chi connectivity index (χ3n) is 3.29.